The molecule has 0 radical (unpaired) electrons. The first-order valence-corrected chi connectivity index (χ1v) is 6.30. The molecule has 0 amide bonds. The van der Waals surface area contributed by atoms with Crippen molar-refractivity contribution in [2.24, 2.45) is 0 Å². The zero-order chi connectivity index (χ0) is 13.7. The summed E-state index contributed by atoms with van der Waals surface area (Å²) in [4.78, 5) is 0. The summed E-state index contributed by atoms with van der Waals surface area (Å²) >= 11 is 5.89. The van der Waals surface area contributed by atoms with Gasteiger partial charge in [0.25, 0.3) is 0 Å². The Morgan fingerprint density at radius 1 is 0.947 bits per heavy atom. The maximum absolute atomic E-state index is 9.08. The quantitative estimate of drug-likeness (QED) is 0.818. The van der Waals surface area contributed by atoms with E-state index in [0.717, 1.165) is 11.1 Å². The molecule has 19 heavy (non-hydrogen) atoms. The molecule has 98 valence electrons. The molecule has 0 saturated carbocycles. The molecular formula is C14H14BClO3. The summed E-state index contributed by atoms with van der Waals surface area (Å²) in [6, 6.07) is 14.5. The molecule has 3 nitrogen and oxygen atoms in total. The monoisotopic (exact) mass is 276 g/mol. The maximum Gasteiger partial charge on any atom is 0.488 e. The third kappa shape index (κ3) is 4.37. The normalized spacial score (nSPS) is 10.5. The first-order chi connectivity index (χ1) is 9.15. The lowest BCUT2D eigenvalue weighted by molar-refractivity contribution is 0.107. The van der Waals surface area contributed by atoms with Crippen molar-refractivity contribution in [2.45, 2.75) is 13.2 Å². The predicted molar refractivity (Wildman–Crippen MR) is 76.2 cm³/mol. The van der Waals surface area contributed by atoms with Gasteiger partial charge in [0.1, 0.15) is 0 Å². The summed E-state index contributed by atoms with van der Waals surface area (Å²) in [5.74, 6) is 0. The fourth-order valence-corrected chi connectivity index (χ4v) is 1.97. The summed E-state index contributed by atoms with van der Waals surface area (Å²) in [7, 11) is -1.45. The van der Waals surface area contributed by atoms with E-state index in [1.54, 1.807) is 18.2 Å². The van der Waals surface area contributed by atoms with Crippen LogP contribution in [0.25, 0.3) is 0 Å². The van der Waals surface area contributed by atoms with Crippen LogP contribution in [-0.2, 0) is 18.0 Å². The zero-order valence-electron chi connectivity index (χ0n) is 10.3. The Balaban J connectivity index is 1.90. The average molecular weight is 277 g/mol. The van der Waals surface area contributed by atoms with Crippen LogP contribution in [0.5, 0.6) is 0 Å². The van der Waals surface area contributed by atoms with Crippen molar-refractivity contribution in [1.82, 2.24) is 0 Å². The second kappa shape index (κ2) is 6.73. The van der Waals surface area contributed by atoms with Crippen LogP contribution >= 0.6 is 11.6 Å². The number of hydrogen-bond donors (Lipinski definition) is 2. The number of halogens is 1. The minimum Gasteiger partial charge on any atom is -0.423 e. The highest BCUT2D eigenvalue weighted by atomic mass is 35.5. The second-order valence-corrected chi connectivity index (χ2v) is 4.68. The van der Waals surface area contributed by atoms with E-state index in [1.165, 1.54) is 0 Å². The SMILES string of the molecule is OB(O)c1cccc(COCc2cccc(Cl)c2)c1. The lowest BCUT2D eigenvalue weighted by atomic mass is 9.80. The van der Waals surface area contributed by atoms with Crippen molar-refractivity contribution >= 4 is 24.2 Å². The van der Waals surface area contributed by atoms with Crippen molar-refractivity contribution in [3.8, 4) is 0 Å². The maximum atomic E-state index is 9.08. The van der Waals surface area contributed by atoms with E-state index in [0.29, 0.717) is 23.7 Å². The fourth-order valence-electron chi connectivity index (χ4n) is 1.76. The van der Waals surface area contributed by atoms with Gasteiger partial charge in [-0.1, -0.05) is 48.0 Å². The zero-order valence-corrected chi connectivity index (χ0v) is 11.0. The molecule has 5 heteroatoms. The van der Waals surface area contributed by atoms with E-state index in [4.69, 9.17) is 26.4 Å². The van der Waals surface area contributed by atoms with Crippen molar-refractivity contribution < 1.29 is 14.8 Å². The van der Waals surface area contributed by atoms with Gasteiger partial charge in [-0.2, -0.15) is 0 Å². The standard InChI is InChI=1S/C14H14BClO3/c16-14-6-2-4-12(8-14)10-19-9-11-3-1-5-13(7-11)15(17)18/h1-8,17-18H,9-10H2. The molecular weight excluding hydrogens is 262 g/mol. The first kappa shape index (κ1) is 14.1. The van der Waals surface area contributed by atoms with E-state index < -0.39 is 7.12 Å². The van der Waals surface area contributed by atoms with Crippen molar-refractivity contribution in [3.05, 3.63) is 64.7 Å². The highest BCUT2D eigenvalue weighted by Gasteiger charge is 2.10. The lowest BCUT2D eigenvalue weighted by Crippen LogP contribution is -2.29. The van der Waals surface area contributed by atoms with E-state index in [-0.39, 0.29) is 0 Å². The molecule has 2 rings (SSSR count). The Morgan fingerprint density at radius 2 is 1.58 bits per heavy atom. The smallest absolute Gasteiger partial charge is 0.423 e. The van der Waals surface area contributed by atoms with Crippen molar-refractivity contribution in [2.75, 3.05) is 0 Å². The van der Waals surface area contributed by atoms with Gasteiger partial charge in [0, 0.05) is 5.02 Å². The molecule has 0 bridgehead atoms. The molecule has 0 atom stereocenters. The van der Waals surface area contributed by atoms with Crippen molar-refractivity contribution in [3.63, 3.8) is 0 Å². The van der Waals surface area contributed by atoms with Gasteiger partial charge in [-0.15, -0.1) is 0 Å². The molecule has 0 aliphatic rings. The summed E-state index contributed by atoms with van der Waals surface area (Å²) < 4.78 is 5.57. The van der Waals surface area contributed by atoms with E-state index in [9.17, 15) is 0 Å². The molecule has 2 aromatic rings. The summed E-state index contributed by atoms with van der Waals surface area (Å²) in [5.41, 5.74) is 2.36. The van der Waals surface area contributed by atoms with Crippen molar-refractivity contribution in [1.29, 1.82) is 0 Å². The second-order valence-electron chi connectivity index (χ2n) is 4.24. The van der Waals surface area contributed by atoms with Gasteiger partial charge in [-0.3, -0.25) is 0 Å². The topological polar surface area (TPSA) is 49.7 Å². The van der Waals surface area contributed by atoms with E-state index in [2.05, 4.69) is 0 Å². The van der Waals surface area contributed by atoms with Crippen LogP contribution < -0.4 is 5.46 Å². The molecule has 0 saturated heterocycles. The largest absolute Gasteiger partial charge is 0.488 e. The van der Waals surface area contributed by atoms with Gasteiger partial charge in [-0.25, -0.2) is 0 Å². The number of hydrogen-bond acceptors (Lipinski definition) is 3. The third-order valence-corrected chi connectivity index (χ3v) is 2.91. The molecule has 2 N–H and O–H groups in total. The molecule has 0 aliphatic heterocycles. The van der Waals surface area contributed by atoms with Crippen LogP contribution in [0.15, 0.2) is 48.5 Å². The Kier molecular flexibility index (Phi) is 4.99. The van der Waals surface area contributed by atoms with Gasteiger partial charge in [-0.05, 0) is 28.7 Å². The lowest BCUT2D eigenvalue weighted by Gasteiger charge is -2.07. The van der Waals surface area contributed by atoms with E-state index in [1.807, 2.05) is 30.3 Å². The highest BCUT2D eigenvalue weighted by molar-refractivity contribution is 6.58. The Bertz CT molecular complexity index is 546. The Morgan fingerprint density at radius 3 is 2.21 bits per heavy atom. The molecule has 0 unspecified atom stereocenters. The number of rotatable bonds is 5. The molecule has 0 heterocycles. The van der Waals surface area contributed by atoms with Gasteiger partial charge < -0.3 is 14.8 Å². The Hall–Kier alpha value is -1.33. The van der Waals surface area contributed by atoms with Crippen LogP contribution in [-0.4, -0.2) is 17.2 Å². The number of ether oxygens (including phenoxy) is 1. The molecule has 0 aromatic heterocycles. The predicted octanol–water partition coefficient (Wildman–Crippen LogP) is 1.74. The van der Waals surface area contributed by atoms with Crippen LogP contribution in [0.1, 0.15) is 11.1 Å². The molecule has 0 aliphatic carbocycles. The summed E-state index contributed by atoms with van der Waals surface area (Å²) in [5, 5.41) is 18.9. The molecule has 2 aromatic carbocycles. The molecule has 0 fully saturated rings. The fraction of sp³-hybridized carbons (Fsp3) is 0.143. The van der Waals surface area contributed by atoms with Gasteiger partial charge in [0.2, 0.25) is 0 Å². The van der Waals surface area contributed by atoms with Crippen LogP contribution in [0, 0.1) is 0 Å². The van der Waals surface area contributed by atoms with Crippen LogP contribution in [0.3, 0.4) is 0 Å². The first-order valence-electron chi connectivity index (χ1n) is 5.92. The van der Waals surface area contributed by atoms with E-state index >= 15 is 0 Å². The average Bonchev–Trinajstić information content (AvgIpc) is 2.39. The van der Waals surface area contributed by atoms with Gasteiger partial charge in [0.05, 0.1) is 13.2 Å². The minimum atomic E-state index is -1.45. The highest BCUT2D eigenvalue weighted by Crippen LogP contribution is 2.12. The van der Waals surface area contributed by atoms with Crippen LogP contribution in [0.2, 0.25) is 5.02 Å². The third-order valence-electron chi connectivity index (χ3n) is 2.68. The number of benzene rings is 2. The van der Waals surface area contributed by atoms with Gasteiger partial charge in [0.15, 0.2) is 0 Å². The summed E-state index contributed by atoms with van der Waals surface area (Å²) in [6.07, 6.45) is 0. The Labute approximate surface area is 117 Å². The minimum absolute atomic E-state index is 0.410. The van der Waals surface area contributed by atoms with Gasteiger partial charge >= 0.3 is 7.12 Å². The molecule has 0 spiro atoms. The summed E-state index contributed by atoms with van der Waals surface area (Å²) in [6.45, 7) is 0.875. The van der Waals surface area contributed by atoms with Crippen LogP contribution in [0.4, 0.5) is 0 Å².